The number of alkyl halides is 2. The molecule has 0 aromatic heterocycles. The van der Waals surface area contributed by atoms with E-state index in [1.807, 2.05) is 18.2 Å². The first-order chi connectivity index (χ1) is 15.9. The van der Waals surface area contributed by atoms with E-state index in [0.29, 0.717) is 18.6 Å². The lowest BCUT2D eigenvalue weighted by molar-refractivity contribution is -0.0500. The number of cyclic esters (lactones) is 1. The molecule has 0 spiro atoms. The maximum Gasteiger partial charge on any atom is 0.387 e. The molecule has 2 aliphatic rings. The molecule has 8 heteroatoms. The number of carbonyl (C=O) groups excluding carboxylic acids is 1. The highest BCUT2D eigenvalue weighted by Crippen LogP contribution is 2.26. The highest BCUT2D eigenvalue weighted by atomic mass is 19.3. The van der Waals surface area contributed by atoms with Gasteiger partial charge in [0.05, 0.1) is 11.1 Å². The zero-order valence-corrected chi connectivity index (χ0v) is 18.7. The summed E-state index contributed by atoms with van der Waals surface area (Å²) in [5, 5.41) is 9.06. The molecule has 2 aromatic carbocycles. The quantitative estimate of drug-likeness (QED) is 0.568. The van der Waals surface area contributed by atoms with Crippen LogP contribution in [0.15, 0.2) is 30.3 Å². The highest BCUT2D eigenvalue weighted by molar-refractivity contribution is 5.93. The minimum Gasteiger partial charge on any atom is -0.457 e. The van der Waals surface area contributed by atoms with Crippen LogP contribution in [-0.4, -0.2) is 61.6 Å². The maximum absolute atomic E-state index is 12.6. The largest absolute Gasteiger partial charge is 0.457 e. The number of rotatable bonds is 8. The van der Waals surface area contributed by atoms with Gasteiger partial charge in [-0.25, -0.2) is 4.79 Å². The summed E-state index contributed by atoms with van der Waals surface area (Å²) in [7, 11) is 0. The lowest BCUT2D eigenvalue weighted by Gasteiger charge is -2.34. The van der Waals surface area contributed by atoms with Crippen LogP contribution in [0, 0.1) is 18.3 Å². The Morgan fingerprint density at radius 1 is 1.09 bits per heavy atom. The van der Waals surface area contributed by atoms with E-state index in [2.05, 4.69) is 21.5 Å². The van der Waals surface area contributed by atoms with Gasteiger partial charge in [0.1, 0.15) is 18.4 Å². The first-order valence-electron chi connectivity index (χ1n) is 11.2. The van der Waals surface area contributed by atoms with E-state index < -0.39 is 6.61 Å². The molecule has 0 radical (unpaired) electrons. The zero-order chi connectivity index (χ0) is 23.4. The Kier molecular flexibility index (Phi) is 7.21. The molecule has 33 heavy (non-hydrogen) atoms. The van der Waals surface area contributed by atoms with E-state index >= 15 is 0 Å². The number of nitrogens with zero attached hydrogens (tertiary/aromatic N) is 3. The smallest absolute Gasteiger partial charge is 0.387 e. The predicted molar refractivity (Wildman–Crippen MR) is 118 cm³/mol. The van der Waals surface area contributed by atoms with Crippen molar-refractivity contribution in [3.8, 4) is 11.8 Å². The normalized spacial score (nSPS) is 16.5. The number of piperazine rings is 1. The number of carbonyl (C=O) groups is 1. The Hall–Kier alpha value is -3.02. The molecule has 0 aliphatic carbocycles. The molecule has 0 amide bonds. The summed E-state index contributed by atoms with van der Waals surface area (Å²) in [6.07, 6.45) is 1.64. The van der Waals surface area contributed by atoms with Crippen molar-refractivity contribution in [2.75, 3.05) is 39.3 Å². The minimum absolute atomic E-state index is 0.0624. The van der Waals surface area contributed by atoms with Gasteiger partial charge in [-0.3, -0.25) is 0 Å². The van der Waals surface area contributed by atoms with Crippen LogP contribution in [0.25, 0.3) is 0 Å². The number of hydrogen-bond acceptors (Lipinski definition) is 6. The van der Waals surface area contributed by atoms with Gasteiger partial charge in [-0.2, -0.15) is 14.0 Å². The standard InChI is InChI=1S/C25H27F2N3O3/c1-17-19(4-5-21-22(17)16-32-24(21)31)7-9-30-12-10-29(11-13-30)8-6-18-2-3-20(15-28)23(14-18)33-25(26)27/h2-5,14,25H,6-13,16H2,1H3. The summed E-state index contributed by atoms with van der Waals surface area (Å²) < 4.78 is 34.8. The molecule has 0 saturated carbocycles. The maximum atomic E-state index is 12.6. The van der Waals surface area contributed by atoms with Crippen molar-refractivity contribution in [2.45, 2.75) is 33.0 Å². The highest BCUT2D eigenvalue weighted by Gasteiger charge is 2.24. The number of hydrogen-bond donors (Lipinski definition) is 0. The summed E-state index contributed by atoms with van der Waals surface area (Å²) in [6, 6.07) is 10.7. The van der Waals surface area contributed by atoms with Crippen molar-refractivity contribution in [3.05, 3.63) is 63.7 Å². The van der Waals surface area contributed by atoms with Crippen molar-refractivity contribution in [1.29, 1.82) is 5.26 Å². The SMILES string of the molecule is Cc1c(CCN2CCN(CCc3ccc(C#N)c(OC(F)F)c3)CC2)ccc2c1COC2=O. The zero-order valence-electron chi connectivity index (χ0n) is 18.7. The van der Waals surface area contributed by atoms with Crippen LogP contribution in [0.4, 0.5) is 8.78 Å². The third kappa shape index (κ3) is 5.49. The summed E-state index contributed by atoms with van der Waals surface area (Å²) in [6.45, 7) is 5.12. The molecule has 0 bridgehead atoms. The molecule has 0 N–H and O–H groups in total. The molecule has 2 aliphatic heterocycles. The third-order valence-corrected chi connectivity index (χ3v) is 6.54. The van der Waals surface area contributed by atoms with E-state index in [0.717, 1.165) is 62.4 Å². The van der Waals surface area contributed by atoms with Gasteiger partial charge >= 0.3 is 12.6 Å². The van der Waals surface area contributed by atoms with E-state index in [1.165, 1.54) is 11.6 Å². The molecule has 0 unspecified atom stereocenters. The van der Waals surface area contributed by atoms with E-state index in [4.69, 9.17) is 10.00 Å². The molecule has 4 rings (SSSR count). The average Bonchev–Trinajstić information content (AvgIpc) is 3.19. The lowest BCUT2D eigenvalue weighted by Crippen LogP contribution is -2.47. The molecule has 0 atom stereocenters. The van der Waals surface area contributed by atoms with Crippen LogP contribution in [0.1, 0.15) is 38.2 Å². The first-order valence-corrected chi connectivity index (χ1v) is 11.2. The molecule has 1 saturated heterocycles. The lowest BCUT2D eigenvalue weighted by atomic mass is 9.96. The van der Waals surface area contributed by atoms with E-state index in [1.54, 1.807) is 12.1 Å². The Morgan fingerprint density at radius 3 is 2.45 bits per heavy atom. The van der Waals surface area contributed by atoms with Gasteiger partial charge in [-0.1, -0.05) is 12.1 Å². The van der Waals surface area contributed by atoms with Gasteiger partial charge < -0.3 is 19.3 Å². The van der Waals surface area contributed by atoms with Crippen LogP contribution in [-0.2, 0) is 24.2 Å². The summed E-state index contributed by atoms with van der Waals surface area (Å²) >= 11 is 0. The second-order valence-electron chi connectivity index (χ2n) is 8.46. The van der Waals surface area contributed by atoms with Gasteiger partial charge in [0.15, 0.2) is 0 Å². The van der Waals surface area contributed by atoms with Crippen LogP contribution >= 0.6 is 0 Å². The van der Waals surface area contributed by atoms with Crippen molar-refractivity contribution >= 4 is 5.97 Å². The first kappa shape index (κ1) is 23.1. The fraction of sp³-hybridized carbons (Fsp3) is 0.440. The summed E-state index contributed by atoms with van der Waals surface area (Å²) in [4.78, 5) is 16.5. The number of benzene rings is 2. The molecule has 2 aromatic rings. The summed E-state index contributed by atoms with van der Waals surface area (Å²) in [5.74, 6) is -0.290. The van der Waals surface area contributed by atoms with E-state index in [-0.39, 0.29) is 17.3 Å². The van der Waals surface area contributed by atoms with Crippen molar-refractivity contribution in [3.63, 3.8) is 0 Å². The monoisotopic (exact) mass is 455 g/mol. The molecular formula is C25H27F2N3O3. The van der Waals surface area contributed by atoms with Gasteiger partial charge in [0.2, 0.25) is 0 Å². The van der Waals surface area contributed by atoms with Crippen molar-refractivity contribution in [1.82, 2.24) is 9.80 Å². The summed E-state index contributed by atoms with van der Waals surface area (Å²) in [5.41, 5.74) is 5.13. The topological polar surface area (TPSA) is 65.8 Å². The number of ether oxygens (including phenoxy) is 2. The molecular weight excluding hydrogens is 428 g/mol. The predicted octanol–water partition coefficient (Wildman–Crippen LogP) is 3.54. The van der Waals surface area contributed by atoms with Crippen LogP contribution < -0.4 is 4.74 Å². The molecule has 6 nitrogen and oxygen atoms in total. The minimum atomic E-state index is -2.95. The number of esters is 1. The number of nitriles is 1. The van der Waals surface area contributed by atoms with Crippen molar-refractivity contribution < 1.29 is 23.0 Å². The Morgan fingerprint density at radius 2 is 1.79 bits per heavy atom. The van der Waals surface area contributed by atoms with Gasteiger partial charge in [-0.15, -0.1) is 0 Å². The average molecular weight is 456 g/mol. The van der Waals surface area contributed by atoms with Gasteiger partial charge in [0.25, 0.3) is 0 Å². The van der Waals surface area contributed by atoms with Crippen LogP contribution in [0.3, 0.4) is 0 Å². The van der Waals surface area contributed by atoms with Crippen LogP contribution in [0.5, 0.6) is 5.75 Å². The second kappa shape index (κ2) is 10.3. The molecule has 1 fully saturated rings. The van der Waals surface area contributed by atoms with Gasteiger partial charge in [-0.05, 0) is 54.7 Å². The fourth-order valence-electron chi connectivity index (χ4n) is 4.48. The molecule has 2 heterocycles. The Labute approximate surface area is 192 Å². The second-order valence-corrected chi connectivity index (χ2v) is 8.46. The Bertz CT molecular complexity index is 1060. The van der Waals surface area contributed by atoms with E-state index in [9.17, 15) is 13.6 Å². The van der Waals surface area contributed by atoms with Crippen molar-refractivity contribution in [2.24, 2.45) is 0 Å². The number of fused-ring (bicyclic) bond motifs is 1. The Balaban J connectivity index is 1.24. The third-order valence-electron chi connectivity index (χ3n) is 6.54. The number of halogens is 2. The fourth-order valence-corrected chi connectivity index (χ4v) is 4.48. The molecule has 174 valence electrons. The van der Waals surface area contributed by atoms with Crippen LogP contribution in [0.2, 0.25) is 0 Å². The van der Waals surface area contributed by atoms with Gasteiger partial charge in [0, 0.05) is 44.8 Å².